The molecule has 1 N–H and O–H groups in total. The second kappa shape index (κ2) is 7.32. The van der Waals surface area contributed by atoms with Gasteiger partial charge in [-0.1, -0.05) is 29.3 Å². The maximum Gasteiger partial charge on any atom is 0.0672 e. The van der Waals surface area contributed by atoms with Crippen LogP contribution in [0.25, 0.3) is 0 Å². The molecule has 0 saturated carbocycles. The minimum Gasteiger partial charge on any atom is -0.388 e. The van der Waals surface area contributed by atoms with Crippen LogP contribution in [0.2, 0.25) is 5.02 Å². The number of hydrazone groups is 1. The van der Waals surface area contributed by atoms with Gasteiger partial charge in [0.2, 0.25) is 0 Å². The van der Waals surface area contributed by atoms with E-state index >= 15 is 0 Å². The summed E-state index contributed by atoms with van der Waals surface area (Å²) in [6.07, 6.45) is 0. The van der Waals surface area contributed by atoms with E-state index in [9.17, 15) is 0 Å². The van der Waals surface area contributed by atoms with Crippen LogP contribution in [-0.4, -0.2) is 19.3 Å². The standard InChI is InChI=1S/C18H22ClN3/c1-5-22(16-9-6-13(2)7-10-16)21-14(3)17-12-15(19)8-11-18(17)20-4/h6-12,20H,5H2,1-4H3/b21-14+. The molecule has 116 valence electrons. The lowest BCUT2D eigenvalue weighted by molar-refractivity contribution is 0.891. The number of nitrogens with zero attached hydrogens (tertiary/aromatic N) is 2. The normalized spacial score (nSPS) is 11.4. The number of anilines is 2. The Labute approximate surface area is 137 Å². The van der Waals surface area contributed by atoms with Crippen molar-refractivity contribution in [2.45, 2.75) is 20.8 Å². The van der Waals surface area contributed by atoms with Crippen molar-refractivity contribution in [2.75, 3.05) is 23.9 Å². The Hall–Kier alpha value is -2.00. The van der Waals surface area contributed by atoms with Crippen molar-refractivity contribution < 1.29 is 0 Å². The molecule has 0 fully saturated rings. The second-order valence-corrected chi connectivity index (χ2v) is 5.61. The average molecular weight is 316 g/mol. The van der Waals surface area contributed by atoms with Gasteiger partial charge in [0.1, 0.15) is 0 Å². The summed E-state index contributed by atoms with van der Waals surface area (Å²) in [7, 11) is 1.90. The summed E-state index contributed by atoms with van der Waals surface area (Å²) >= 11 is 6.13. The van der Waals surface area contributed by atoms with E-state index in [1.807, 2.05) is 37.2 Å². The summed E-state index contributed by atoms with van der Waals surface area (Å²) in [5.41, 5.74) is 5.29. The van der Waals surface area contributed by atoms with Crippen LogP contribution < -0.4 is 10.3 Å². The van der Waals surface area contributed by atoms with Gasteiger partial charge in [-0.2, -0.15) is 5.10 Å². The number of nitrogens with one attached hydrogen (secondary N) is 1. The number of rotatable bonds is 5. The zero-order valence-corrected chi connectivity index (χ0v) is 14.3. The van der Waals surface area contributed by atoms with E-state index in [-0.39, 0.29) is 0 Å². The summed E-state index contributed by atoms with van der Waals surface area (Å²) in [6, 6.07) is 14.2. The largest absolute Gasteiger partial charge is 0.388 e. The minimum absolute atomic E-state index is 0.710. The van der Waals surface area contributed by atoms with Gasteiger partial charge in [-0.05, 0) is 51.1 Å². The van der Waals surface area contributed by atoms with Crippen molar-refractivity contribution in [1.82, 2.24) is 0 Å². The van der Waals surface area contributed by atoms with Crippen LogP contribution in [-0.2, 0) is 0 Å². The number of benzene rings is 2. The van der Waals surface area contributed by atoms with Gasteiger partial charge in [0, 0.05) is 29.9 Å². The molecular formula is C18H22ClN3. The summed E-state index contributed by atoms with van der Waals surface area (Å²) < 4.78 is 0. The van der Waals surface area contributed by atoms with Crippen LogP contribution in [0.3, 0.4) is 0 Å². The molecule has 3 nitrogen and oxygen atoms in total. The van der Waals surface area contributed by atoms with Crippen molar-refractivity contribution in [3.8, 4) is 0 Å². The molecule has 0 radical (unpaired) electrons. The van der Waals surface area contributed by atoms with E-state index < -0.39 is 0 Å². The summed E-state index contributed by atoms with van der Waals surface area (Å²) in [6.45, 7) is 6.98. The van der Waals surface area contributed by atoms with Crippen LogP contribution in [0.4, 0.5) is 11.4 Å². The smallest absolute Gasteiger partial charge is 0.0672 e. The molecule has 0 heterocycles. The highest BCUT2D eigenvalue weighted by Gasteiger charge is 2.08. The lowest BCUT2D eigenvalue weighted by atomic mass is 10.1. The lowest BCUT2D eigenvalue weighted by Crippen LogP contribution is -2.18. The number of hydrogen-bond acceptors (Lipinski definition) is 3. The molecule has 0 aliphatic heterocycles. The zero-order chi connectivity index (χ0) is 16.1. The molecule has 0 aliphatic rings. The Balaban J connectivity index is 2.37. The molecule has 0 bridgehead atoms. The summed E-state index contributed by atoms with van der Waals surface area (Å²) in [5, 5.41) is 10.7. The van der Waals surface area contributed by atoms with Gasteiger partial charge in [0.05, 0.1) is 11.4 Å². The zero-order valence-electron chi connectivity index (χ0n) is 13.5. The molecular weight excluding hydrogens is 294 g/mol. The first-order valence-electron chi connectivity index (χ1n) is 7.42. The van der Waals surface area contributed by atoms with Gasteiger partial charge in [0.15, 0.2) is 0 Å². The number of halogens is 1. The monoisotopic (exact) mass is 315 g/mol. The highest BCUT2D eigenvalue weighted by molar-refractivity contribution is 6.31. The first-order chi connectivity index (χ1) is 10.5. The van der Waals surface area contributed by atoms with E-state index in [1.165, 1.54) is 5.56 Å². The molecule has 0 atom stereocenters. The number of aryl methyl sites for hydroxylation is 1. The predicted octanol–water partition coefficient (Wildman–Crippen LogP) is 4.94. The van der Waals surface area contributed by atoms with Gasteiger partial charge >= 0.3 is 0 Å². The molecule has 0 aliphatic carbocycles. The minimum atomic E-state index is 0.710. The van der Waals surface area contributed by atoms with Crippen molar-refractivity contribution in [3.05, 3.63) is 58.6 Å². The molecule has 0 unspecified atom stereocenters. The first-order valence-corrected chi connectivity index (χ1v) is 7.80. The highest BCUT2D eigenvalue weighted by Crippen LogP contribution is 2.22. The molecule has 2 rings (SSSR count). The quantitative estimate of drug-likeness (QED) is 0.625. The van der Waals surface area contributed by atoms with E-state index in [2.05, 4.69) is 43.4 Å². The summed E-state index contributed by atoms with van der Waals surface area (Å²) in [4.78, 5) is 0. The van der Waals surface area contributed by atoms with Crippen LogP contribution in [0.5, 0.6) is 0 Å². The Morgan fingerprint density at radius 2 is 1.86 bits per heavy atom. The third kappa shape index (κ3) is 3.80. The molecule has 2 aromatic rings. The SMILES string of the molecule is CCN(/N=C(\C)c1cc(Cl)ccc1NC)c1ccc(C)cc1. The van der Waals surface area contributed by atoms with Gasteiger partial charge in [-0.15, -0.1) is 0 Å². The van der Waals surface area contributed by atoms with E-state index in [1.54, 1.807) is 0 Å². The Morgan fingerprint density at radius 3 is 2.45 bits per heavy atom. The number of hydrogen-bond donors (Lipinski definition) is 1. The van der Waals surface area contributed by atoms with E-state index in [0.29, 0.717) is 5.02 Å². The Morgan fingerprint density at radius 1 is 1.18 bits per heavy atom. The van der Waals surface area contributed by atoms with E-state index in [4.69, 9.17) is 16.7 Å². The molecule has 4 heteroatoms. The van der Waals surface area contributed by atoms with Gasteiger partial charge < -0.3 is 5.32 Å². The van der Waals surface area contributed by atoms with Crippen molar-refractivity contribution in [2.24, 2.45) is 5.10 Å². The van der Waals surface area contributed by atoms with Gasteiger partial charge in [-0.3, -0.25) is 5.01 Å². The maximum absolute atomic E-state index is 6.13. The fourth-order valence-electron chi connectivity index (χ4n) is 2.30. The first kappa shape index (κ1) is 16.4. The highest BCUT2D eigenvalue weighted by atomic mass is 35.5. The van der Waals surface area contributed by atoms with Crippen LogP contribution in [0, 0.1) is 6.92 Å². The van der Waals surface area contributed by atoms with Crippen molar-refractivity contribution in [1.29, 1.82) is 0 Å². The fraction of sp³-hybridized carbons (Fsp3) is 0.278. The van der Waals surface area contributed by atoms with Gasteiger partial charge in [0.25, 0.3) is 0 Å². The Kier molecular flexibility index (Phi) is 5.45. The van der Waals surface area contributed by atoms with Crippen molar-refractivity contribution in [3.63, 3.8) is 0 Å². The summed E-state index contributed by atoms with van der Waals surface area (Å²) in [5.74, 6) is 0. The third-order valence-corrected chi connectivity index (χ3v) is 3.78. The molecule has 0 aromatic heterocycles. The molecule has 0 saturated heterocycles. The lowest BCUT2D eigenvalue weighted by Gasteiger charge is -2.19. The van der Waals surface area contributed by atoms with Gasteiger partial charge in [-0.25, -0.2) is 0 Å². The molecule has 22 heavy (non-hydrogen) atoms. The average Bonchev–Trinajstić information content (AvgIpc) is 2.53. The topological polar surface area (TPSA) is 27.6 Å². The van der Waals surface area contributed by atoms with Crippen LogP contribution in [0.15, 0.2) is 47.6 Å². The fourth-order valence-corrected chi connectivity index (χ4v) is 2.47. The predicted molar refractivity (Wildman–Crippen MR) is 97.4 cm³/mol. The van der Waals surface area contributed by atoms with Crippen LogP contribution >= 0.6 is 11.6 Å². The molecule has 2 aromatic carbocycles. The second-order valence-electron chi connectivity index (χ2n) is 5.18. The van der Waals surface area contributed by atoms with Crippen LogP contribution in [0.1, 0.15) is 25.0 Å². The molecule has 0 spiro atoms. The van der Waals surface area contributed by atoms with Crippen molar-refractivity contribution >= 4 is 28.7 Å². The third-order valence-electron chi connectivity index (χ3n) is 3.54. The Bertz CT molecular complexity index is 663. The van der Waals surface area contributed by atoms with E-state index in [0.717, 1.165) is 29.2 Å². The maximum atomic E-state index is 6.13. The molecule has 0 amide bonds.